The molecule has 25 heavy (non-hydrogen) atoms. The molecule has 0 saturated heterocycles. The smallest absolute Gasteiger partial charge is 0.271 e. The largest absolute Gasteiger partial charge is 0.497 e. The van der Waals surface area contributed by atoms with Gasteiger partial charge in [-0.15, -0.1) is 10.2 Å². The summed E-state index contributed by atoms with van der Waals surface area (Å²) in [6.07, 6.45) is 1.99. The van der Waals surface area contributed by atoms with Gasteiger partial charge in [0.05, 0.1) is 13.7 Å². The molecule has 2 rings (SSSR count). The standard InChI is InChI=1S/C18H24N4O3/c1-3-4-11-20-18(23)16-9-10-17(22-21-16)19-12-13-25-15-7-5-14(24-2)6-8-15/h5-10H,3-4,11-13H2,1-2H3,(H,19,22)(H,20,23). The van der Waals surface area contributed by atoms with Crippen LogP contribution in [0.5, 0.6) is 11.5 Å². The maximum absolute atomic E-state index is 11.8. The Labute approximate surface area is 147 Å². The van der Waals surface area contributed by atoms with E-state index in [1.165, 1.54) is 0 Å². The summed E-state index contributed by atoms with van der Waals surface area (Å²) in [7, 11) is 1.63. The van der Waals surface area contributed by atoms with Crippen LogP contribution in [0.2, 0.25) is 0 Å². The van der Waals surface area contributed by atoms with Crippen LogP contribution < -0.4 is 20.1 Å². The van der Waals surface area contributed by atoms with Crippen LogP contribution in [0.4, 0.5) is 5.82 Å². The highest BCUT2D eigenvalue weighted by molar-refractivity contribution is 5.92. The molecule has 1 aromatic carbocycles. The monoisotopic (exact) mass is 344 g/mol. The van der Waals surface area contributed by atoms with Crippen molar-refractivity contribution >= 4 is 11.7 Å². The Bertz CT molecular complexity index is 644. The van der Waals surface area contributed by atoms with Crippen molar-refractivity contribution in [1.29, 1.82) is 0 Å². The minimum Gasteiger partial charge on any atom is -0.497 e. The fourth-order valence-electron chi connectivity index (χ4n) is 2.04. The number of hydrogen-bond donors (Lipinski definition) is 2. The second-order valence-electron chi connectivity index (χ2n) is 5.36. The van der Waals surface area contributed by atoms with E-state index in [1.54, 1.807) is 19.2 Å². The quantitative estimate of drug-likeness (QED) is 0.644. The summed E-state index contributed by atoms with van der Waals surface area (Å²) in [5.41, 5.74) is 0.316. The van der Waals surface area contributed by atoms with Gasteiger partial charge in [-0.3, -0.25) is 4.79 Å². The number of hydrogen-bond acceptors (Lipinski definition) is 6. The molecular formula is C18H24N4O3. The Morgan fingerprint density at radius 2 is 1.80 bits per heavy atom. The van der Waals surface area contributed by atoms with Gasteiger partial charge in [0.25, 0.3) is 5.91 Å². The fraction of sp³-hybridized carbons (Fsp3) is 0.389. The maximum Gasteiger partial charge on any atom is 0.271 e. The Morgan fingerprint density at radius 3 is 2.44 bits per heavy atom. The first-order valence-corrected chi connectivity index (χ1v) is 8.35. The number of aromatic nitrogens is 2. The van der Waals surface area contributed by atoms with Crippen LogP contribution in [-0.4, -0.2) is 42.9 Å². The Hall–Kier alpha value is -2.83. The van der Waals surface area contributed by atoms with Crippen molar-refractivity contribution < 1.29 is 14.3 Å². The third-order valence-electron chi connectivity index (χ3n) is 3.45. The van der Waals surface area contributed by atoms with Crippen molar-refractivity contribution in [1.82, 2.24) is 15.5 Å². The van der Waals surface area contributed by atoms with E-state index in [-0.39, 0.29) is 5.91 Å². The number of methoxy groups -OCH3 is 1. The third-order valence-corrected chi connectivity index (χ3v) is 3.45. The molecule has 1 amide bonds. The molecule has 1 aromatic heterocycles. The van der Waals surface area contributed by atoms with E-state index in [1.807, 2.05) is 24.3 Å². The molecule has 7 nitrogen and oxygen atoms in total. The molecule has 0 saturated carbocycles. The van der Waals surface area contributed by atoms with E-state index < -0.39 is 0 Å². The first-order valence-electron chi connectivity index (χ1n) is 8.35. The number of anilines is 1. The number of carbonyl (C=O) groups is 1. The van der Waals surface area contributed by atoms with Crippen LogP contribution >= 0.6 is 0 Å². The van der Waals surface area contributed by atoms with Gasteiger partial charge < -0.3 is 20.1 Å². The molecule has 0 radical (unpaired) electrons. The van der Waals surface area contributed by atoms with Gasteiger partial charge >= 0.3 is 0 Å². The SMILES string of the molecule is CCCCNC(=O)c1ccc(NCCOc2ccc(OC)cc2)nn1. The zero-order valence-corrected chi connectivity index (χ0v) is 14.6. The van der Waals surface area contributed by atoms with Gasteiger partial charge in [-0.05, 0) is 42.8 Å². The van der Waals surface area contributed by atoms with Crippen molar-refractivity contribution in [3.05, 3.63) is 42.1 Å². The highest BCUT2D eigenvalue weighted by Gasteiger charge is 2.07. The minimum absolute atomic E-state index is 0.199. The van der Waals surface area contributed by atoms with Crippen molar-refractivity contribution in [2.45, 2.75) is 19.8 Å². The lowest BCUT2D eigenvalue weighted by molar-refractivity contribution is 0.0947. The number of amides is 1. The number of unbranched alkanes of at least 4 members (excludes halogenated alkanes) is 1. The van der Waals surface area contributed by atoms with Gasteiger partial charge in [0.2, 0.25) is 0 Å². The summed E-state index contributed by atoms with van der Waals surface area (Å²) in [5.74, 6) is 1.96. The van der Waals surface area contributed by atoms with E-state index in [0.29, 0.717) is 31.2 Å². The highest BCUT2D eigenvalue weighted by atomic mass is 16.5. The van der Waals surface area contributed by atoms with Crippen molar-refractivity contribution in [2.75, 3.05) is 32.1 Å². The summed E-state index contributed by atoms with van der Waals surface area (Å²) in [5, 5.41) is 13.8. The van der Waals surface area contributed by atoms with Gasteiger partial charge in [0.1, 0.15) is 23.9 Å². The molecule has 7 heteroatoms. The Balaban J connectivity index is 1.71. The second kappa shape index (κ2) is 10.1. The summed E-state index contributed by atoms with van der Waals surface area (Å²) in [4.78, 5) is 11.8. The first-order chi connectivity index (χ1) is 12.2. The van der Waals surface area contributed by atoms with Gasteiger partial charge in [0.15, 0.2) is 5.69 Å². The van der Waals surface area contributed by atoms with E-state index >= 15 is 0 Å². The highest BCUT2D eigenvalue weighted by Crippen LogP contribution is 2.16. The number of nitrogens with one attached hydrogen (secondary N) is 2. The molecule has 0 aliphatic rings. The number of nitrogens with zero attached hydrogens (tertiary/aromatic N) is 2. The predicted octanol–water partition coefficient (Wildman–Crippen LogP) is 2.51. The molecule has 2 N–H and O–H groups in total. The lowest BCUT2D eigenvalue weighted by Gasteiger charge is -2.08. The molecule has 0 spiro atoms. The van der Waals surface area contributed by atoms with Gasteiger partial charge in [-0.25, -0.2) is 0 Å². The molecule has 1 heterocycles. The number of benzene rings is 1. The summed E-state index contributed by atoms with van der Waals surface area (Å²) < 4.78 is 10.7. The number of ether oxygens (including phenoxy) is 2. The Kier molecular flexibility index (Phi) is 7.49. The predicted molar refractivity (Wildman–Crippen MR) is 96.3 cm³/mol. The van der Waals surface area contributed by atoms with Crippen LogP contribution in [-0.2, 0) is 0 Å². The average molecular weight is 344 g/mol. The van der Waals surface area contributed by atoms with E-state index in [0.717, 1.165) is 24.3 Å². The summed E-state index contributed by atoms with van der Waals surface area (Å²) >= 11 is 0. The van der Waals surface area contributed by atoms with E-state index in [4.69, 9.17) is 9.47 Å². The molecule has 0 unspecified atom stereocenters. The van der Waals surface area contributed by atoms with Crippen LogP contribution in [0.1, 0.15) is 30.3 Å². The van der Waals surface area contributed by atoms with Gasteiger partial charge in [-0.1, -0.05) is 13.3 Å². The number of rotatable bonds is 10. The third kappa shape index (κ3) is 6.29. The number of carbonyl (C=O) groups excluding carboxylic acids is 1. The molecule has 2 aromatic rings. The second-order valence-corrected chi connectivity index (χ2v) is 5.36. The topological polar surface area (TPSA) is 85.4 Å². The van der Waals surface area contributed by atoms with Crippen LogP contribution in [0, 0.1) is 0 Å². The zero-order valence-electron chi connectivity index (χ0n) is 14.6. The molecule has 0 bridgehead atoms. The first kappa shape index (κ1) is 18.5. The molecule has 0 atom stereocenters. The molecule has 0 aliphatic carbocycles. The van der Waals surface area contributed by atoms with Crippen LogP contribution in [0.15, 0.2) is 36.4 Å². The van der Waals surface area contributed by atoms with Crippen LogP contribution in [0.3, 0.4) is 0 Å². The Morgan fingerprint density at radius 1 is 1.04 bits per heavy atom. The van der Waals surface area contributed by atoms with Gasteiger partial charge in [0, 0.05) is 6.54 Å². The lowest BCUT2D eigenvalue weighted by Crippen LogP contribution is -2.25. The molecule has 0 fully saturated rings. The molecule has 0 aliphatic heterocycles. The normalized spacial score (nSPS) is 10.2. The molecular weight excluding hydrogens is 320 g/mol. The molecule has 134 valence electrons. The van der Waals surface area contributed by atoms with E-state index in [9.17, 15) is 4.79 Å². The average Bonchev–Trinajstić information content (AvgIpc) is 2.66. The van der Waals surface area contributed by atoms with Crippen molar-refractivity contribution in [3.8, 4) is 11.5 Å². The van der Waals surface area contributed by atoms with E-state index in [2.05, 4.69) is 27.8 Å². The maximum atomic E-state index is 11.8. The van der Waals surface area contributed by atoms with Gasteiger partial charge in [-0.2, -0.15) is 0 Å². The fourth-order valence-corrected chi connectivity index (χ4v) is 2.04. The lowest BCUT2D eigenvalue weighted by atomic mass is 10.3. The van der Waals surface area contributed by atoms with Crippen molar-refractivity contribution in [3.63, 3.8) is 0 Å². The summed E-state index contributed by atoms with van der Waals surface area (Å²) in [6, 6.07) is 10.8. The minimum atomic E-state index is -0.199. The zero-order chi connectivity index (χ0) is 17.9. The van der Waals surface area contributed by atoms with Crippen LogP contribution in [0.25, 0.3) is 0 Å². The van der Waals surface area contributed by atoms with Crippen molar-refractivity contribution in [2.24, 2.45) is 0 Å². The summed E-state index contributed by atoms with van der Waals surface area (Å²) in [6.45, 7) is 3.78.